The highest BCUT2D eigenvalue weighted by molar-refractivity contribution is 7.89. The zero-order chi connectivity index (χ0) is 22.6. The molecular formula is C22H25N3O5S. The van der Waals surface area contributed by atoms with Crippen LogP contribution in [-0.4, -0.2) is 73.0 Å². The summed E-state index contributed by atoms with van der Waals surface area (Å²) < 4.78 is 27.3. The Morgan fingerprint density at radius 2 is 1.42 bits per heavy atom. The summed E-state index contributed by atoms with van der Waals surface area (Å²) in [4.78, 5) is 40.5. The van der Waals surface area contributed by atoms with E-state index in [4.69, 9.17) is 0 Å². The minimum Gasteiger partial charge on any atom is -0.339 e. The van der Waals surface area contributed by atoms with E-state index >= 15 is 0 Å². The molecule has 31 heavy (non-hydrogen) atoms. The third-order valence-electron chi connectivity index (χ3n) is 5.20. The van der Waals surface area contributed by atoms with Crippen molar-refractivity contribution < 1.29 is 22.8 Å². The van der Waals surface area contributed by atoms with Crippen molar-refractivity contribution in [2.24, 2.45) is 0 Å². The maximum absolute atomic E-state index is 13.3. The van der Waals surface area contributed by atoms with E-state index in [1.54, 1.807) is 47.4 Å². The molecule has 0 bridgehead atoms. The SMILES string of the molecule is CC(=O)N1CCN(C(=O)N(CC(=O)c2ccccc2)S(=O)(=O)c2ccc(C)cc2)CC1. The number of hydrogen-bond donors (Lipinski definition) is 0. The molecule has 1 fully saturated rings. The quantitative estimate of drug-likeness (QED) is 0.660. The number of carbonyl (C=O) groups excluding carboxylic acids is 3. The van der Waals surface area contributed by atoms with E-state index in [-0.39, 0.29) is 23.9 Å². The van der Waals surface area contributed by atoms with Gasteiger partial charge >= 0.3 is 6.03 Å². The summed E-state index contributed by atoms with van der Waals surface area (Å²) in [5.74, 6) is -0.581. The van der Waals surface area contributed by atoms with E-state index in [0.717, 1.165) is 5.56 Å². The molecule has 1 aliphatic heterocycles. The number of amides is 3. The van der Waals surface area contributed by atoms with Gasteiger partial charge in [0.1, 0.15) is 6.54 Å². The standard InChI is InChI=1S/C22H25N3O5S/c1-17-8-10-20(11-9-17)31(29,30)25(16-21(27)19-6-4-3-5-7-19)22(28)24-14-12-23(13-15-24)18(2)26/h3-11H,12-16H2,1-2H3. The van der Waals surface area contributed by atoms with Crippen molar-refractivity contribution in [2.75, 3.05) is 32.7 Å². The lowest BCUT2D eigenvalue weighted by Gasteiger charge is -2.36. The molecule has 8 nitrogen and oxygen atoms in total. The molecule has 1 heterocycles. The molecule has 0 spiro atoms. The van der Waals surface area contributed by atoms with Crippen LogP contribution in [0.4, 0.5) is 4.79 Å². The van der Waals surface area contributed by atoms with Crippen molar-refractivity contribution in [3.8, 4) is 0 Å². The first kappa shape index (κ1) is 22.5. The number of urea groups is 1. The third-order valence-corrected chi connectivity index (χ3v) is 6.93. The Bertz CT molecular complexity index is 1060. The fraction of sp³-hybridized carbons (Fsp3) is 0.318. The van der Waals surface area contributed by atoms with Crippen molar-refractivity contribution in [2.45, 2.75) is 18.7 Å². The predicted octanol–water partition coefficient (Wildman–Crippen LogP) is 2.15. The van der Waals surface area contributed by atoms with Gasteiger partial charge < -0.3 is 9.80 Å². The zero-order valence-corrected chi connectivity index (χ0v) is 18.3. The minimum absolute atomic E-state index is 0.0605. The van der Waals surface area contributed by atoms with Crippen LogP contribution in [0, 0.1) is 6.92 Å². The monoisotopic (exact) mass is 443 g/mol. The predicted molar refractivity (Wildman–Crippen MR) is 115 cm³/mol. The van der Waals surface area contributed by atoms with Crippen LogP contribution in [0.1, 0.15) is 22.8 Å². The molecule has 0 aliphatic carbocycles. The molecule has 0 aromatic heterocycles. The van der Waals surface area contributed by atoms with Gasteiger partial charge in [0.05, 0.1) is 4.90 Å². The molecule has 0 atom stereocenters. The molecule has 0 unspecified atom stereocenters. The number of ketones is 1. The highest BCUT2D eigenvalue weighted by Gasteiger charge is 2.35. The second-order valence-corrected chi connectivity index (χ2v) is 9.25. The van der Waals surface area contributed by atoms with E-state index in [9.17, 15) is 22.8 Å². The summed E-state index contributed by atoms with van der Waals surface area (Å²) in [7, 11) is -4.26. The maximum atomic E-state index is 13.3. The summed E-state index contributed by atoms with van der Waals surface area (Å²) in [6, 6.07) is 13.6. The largest absolute Gasteiger partial charge is 0.339 e. The molecule has 0 N–H and O–H groups in total. The fourth-order valence-electron chi connectivity index (χ4n) is 3.31. The Hall–Kier alpha value is -3.20. The smallest absolute Gasteiger partial charge is 0.334 e. The zero-order valence-electron chi connectivity index (χ0n) is 17.5. The lowest BCUT2D eigenvalue weighted by atomic mass is 10.1. The number of nitrogens with zero attached hydrogens (tertiary/aromatic N) is 3. The van der Waals surface area contributed by atoms with Gasteiger partial charge in [0.15, 0.2) is 5.78 Å². The van der Waals surface area contributed by atoms with Gasteiger partial charge in [-0.1, -0.05) is 48.0 Å². The third kappa shape index (κ3) is 5.11. The summed E-state index contributed by atoms with van der Waals surface area (Å²) in [5.41, 5.74) is 1.19. The summed E-state index contributed by atoms with van der Waals surface area (Å²) in [6.45, 7) is 3.68. The summed E-state index contributed by atoms with van der Waals surface area (Å²) in [5, 5.41) is 0. The van der Waals surface area contributed by atoms with Gasteiger partial charge in [0.2, 0.25) is 5.91 Å². The Kier molecular flexibility index (Phi) is 6.74. The van der Waals surface area contributed by atoms with Gasteiger partial charge in [-0.15, -0.1) is 0 Å². The van der Waals surface area contributed by atoms with Crippen molar-refractivity contribution in [3.05, 3.63) is 65.7 Å². The summed E-state index contributed by atoms with van der Waals surface area (Å²) in [6.07, 6.45) is 0. The number of Topliss-reactive ketones (excluding diaryl/α,β-unsaturated/α-hetero) is 1. The first-order valence-electron chi connectivity index (χ1n) is 9.92. The number of sulfonamides is 1. The summed E-state index contributed by atoms with van der Waals surface area (Å²) >= 11 is 0. The van der Waals surface area contributed by atoms with Crippen molar-refractivity contribution in [1.29, 1.82) is 0 Å². The van der Waals surface area contributed by atoms with Gasteiger partial charge in [-0.05, 0) is 19.1 Å². The number of carbonyl (C=O) groups is 3. The van der Waals surface area contributed by atoms with Gasteiger partial charge in [-0.2, -0.15) is 0 Å². The van der Waals surface area contributed by atoms with Crippen molar-refractivity contribution >= 4 is 27.7 Å². The van der Waals surface area contributed by atoms with Crippen LogP contribution in [0.5, 0.6) is 0 Å². The van der Waals surface area contributed by atoms with Crippen LogP contribution in [0.25, 0.3) is 0 Å². The molecule has 2 aromatic carbocycles. The first-order valence-corrected chi connectivity index (χ1v) is 11.4. The molecule has 1 saturated heterocycles. The number of hydrogen-bond acceptors (Lipinski definition) is 5. The highest BCUT2D eigenvalue weighted by atomic mass is 32.2. The molecule has 3 rings (SSSR count). The first-order chi connectivity index (χ1) is 14.7. The van der Waals surface area contributed by atoms with E-state index in [2.05, 4.69) is 0 Å². The van der Waals surface area contributed by atoms with Crippen molar-refractivity contribution in [3.63, 3.8) is 0 Å². The van der Waals surface area contributed by atoms with Crippen LogP contribution < -0.4 is 0 Å². The van der Waals surface area contributed by atoms with E-state index < -0.39 is 28.4 Å². The Morgan fingerprint density at radius 1 is 0.871 bits per heavy atom. The molecule has 3 amide bonds. The molecule has 2 aromatic rings. The lowest BCUT2D eigenvalue weighted by molar-refractivity contribution is -0.130. The molecule has 1 aliphatic rings. The number of piperazine rings is 1. The minimum atomic E-state index is -4.26. The van der Waals surface area contributed by atoms with Gasteiger partial charge in [0.25, 0.3) is 10.0 Å². The molecule has 9 heteroatoms. The normalized spacial score (nSPS) is 14.3. The topological polar surface area (TPSA) is 95.1 Å². The average molecular weight is 444 g/mol. The molecule has 0 saturated carbocycles. The number of aryl methyl sites for hydroxylation is 1. The van der Waals surface area contributed by atoms with E-state index in [0.29, 0.717) is 23.0 Å². The van der Waals surface area contributed by atoms with Crippen LogP contribution >= 0.6 is 0 Å². The highest BCUT2D eigenvalue weighted by Crippen LogP contribution is 2.20. The van der Waals surface area contributed by atoms with Gasteiger partial charge in [0, 0.05) is 38.7 Å². The molecular weight excluding hydrogens is 418 g/mol. The Labute approximate surface area is 182 Å². The van der Waals surface area contributed by atoms with E-state index in [1.165, 1.54) is 24.0 Å². The second kappa shape index (κ2) is 9.30. The molecule has 0 radical (unpaired) electrons. The number of benzene rings is 2. The van der Waals surface area contributed by atoms with Gasteiger partial charge in [-0.3, -0.25) is 9.59 Å². The van der Waals surface area contributed by atoms with Gasteiger partial charge in [-0.25, -0.2) is 17.5 Å². The Balaban J connectivity index is 1.90. The average Bonchev–Trinajstić information content (AvgIpc) is 2.77. The second-order valence-electron chi connectivity index (χ2n) is 7.39. The van der Waals surface area contributed by atoms with Crippen LogP contribution in [-0.2, 0) is 14.8 Å². The maximum Gasteiger partial charge on any atom is 0.334 e. The van der Waals surface area contributed by atoms with Crippen LogP contribution in [0.15, 0.2) is 59.5 Å². The van der Waals surface area contributed by atoms with Crippen LogP contribution in [0.3, 0.4) is 0 Å². The fourth-order valence-corrected chi connectivity index (χ4v) is 4.65. The lowest BCUT2D eigenvalue weighted by Crippen LogP contribution is -2.55. The number of rotatable bonds is 5. The van der Waals surface area contributed by atoms with Crippen LogP contribution in [0.2, 0.25) is 0 Å². The van der Waals surface area contributed by atoms with Crippen molar-refractivity contribution in [1.82, 2.24) is 14.1 Å². The van der Waals surface area contributed by atoms with E-state index in [1.807, 2.05) is 6.92 Å². The Morgan fingerprint density at radius 3 is 1.97 bits per heavy atom. The molecule has 164 valence electrons.